The number of hydrogen-bond donors (Lipinski definition) is 2. The minimum Gasteiger partial charge on any atom is -0.383 e. The number of anilines is 1. The highest BCUT2D eigenvalue weighted by molar-refractivity contribution is 6.24. The molecule has 0 spiro atoms. The first kappa shape index (κ1) is 12.5. The molecule has 0 bridgehead atoms. The zero-order chi connectivity index (χ0) is 13.9. The summed E-state index contributed by atoms with van der Waals surface area (Å²) < 4.78 is 0. The van der Waals surface area contributed by atoms with Gasteiger partial charge in [0.15, 0.2) is 0 Å². The third-order valence-electron chi connectivity index (χ3n) is 3.40. The molecule has 3 nitrogen and oxygen atoms in total. The van der Waals surface area contributed by atoms with Crippen LogP contribution >= 0.6 is 0 Å². The Hall–Kier alpha value is -2.55. The summed E-state index contributed by atoms with van der Waals surface area (Å²) in [5.74, 6) is 0.561. The second-order valence-corrected chi connectivity index (χ2v) is 4.71. The molecule has 100 valence electrons. The van der Waals surface area contributed by atoms with Gasteiger partial charge in [-0.2, -0.15) is 0 Å². The van der Waals surface area contributed by atoms with Crippen molar-refractivity contribution in [2.24, 2.45) is 10.7 Å². The van der Waals surface area contributed by atoms with Gasteiger partial charge in [-0.25, -0.2) is 4.99 Å². The van der Waals surface area contributed by atoms with Crippen molar-refractivity contribution in [3.05, 3.63) is 65.9 Å². The van der Waals surface area contributed by atoms with Gasteiger partial charge in [0.05, 0.1) is 11.4 Å². The van der Waals surface area contributed by atoms with Crippen molar-refractivity contribution in [2.75, 3.05) is 5.32 Å². The molecule has 1 aliphatic rings. The predicted molar refractivity (Wildman–Crippen MR) is 85.0 cm³/mol. The summed E-state index contributed by atoms with van der Waals surface area (Å²) in [6.45, 7) is 2.12. The Morgan fingerprint density at radius 1 is 1.00 bits per heavy atom. The van der Waals surface area contributed by atoms with Gasteiger partial charge in [-0.1, -0.05) is 49.4 Å². The molecule has 0 atom stereocenters. The van der Waals surface area contributed by atoms with Crippen molar-refractivity contribution in [1.29, 1.82) is 0 Å². The van der Waals surface area contributed by atoms with Crippen LogP contribution in [0.3, 0.4) is 0 Å². The third kappa shape index (κ3) is 2.18. The van der Waals surface area contributed by atoms with Gasteiger partial charge >= 0.3 is 0 Å². The van der Waals surface area contributed by atoms with Crippen LogP contribution < -0.4 is 11.1 Å². The standard InChI is InChI=1S/C17H17N3/c1-2-13-16(12-8-4-3-5-9-12)17(18)20-15-11-7-6-10-14(15)19-13/h3-11,19H,2H2,1H3,(H2,18,20). The average molecular weight is 263 g/mol. The smallest absolute Gasteiger partial charge is 0.133 e. The molecule has 0 aliphatic carbocycles. The highest BCUT2D eigenvalue weighted by Crippen LogP contribution is 2.33. The van der Waals surface area contributed by atoms with Crippen LogP contribution in [-0.4, -0.2) is 5.84 Å². The number of nitrogens with two attached hydrogens (primary N) is 1. The second kappa shape index (κ2) is 5.21. The van der Waals surface area contributed by atoms with E-state index in [2.05, 4.69) is 29.4 Å². The molecule has 20 heavy (non-hydrogen) atoms. The van der Waals surface area contributed by atoms with Crippen molar-refractivity contribution < 1.29 is 0 Å². The molecule has 1 aliphatic heterocycles. The van der Waals surface area contributed by atoms with E-state index in [1.54, 1.807) is 0 Å². The lowest BCUT2D eigenvalue weighted by atomic mass is 10.0. The molecule has 3 N–H and O–H groups in total. The second-order valence-electron chi connectivity index (χ2n) is 4.71. The number of nitrogens with one attached hydrogen (secondary N) is 1. The molecular formula is C17H17N3. The van der Waals surface area contributed by atoms with Gasteiger partial charge < -0.3 is 11.1 Å². The maximum Gasteiger partial charge on any atom is 0.133 e. The third-order valence-corrected chi connectivity index (χ3v) is 3.40. The molecule has 2 aromatic carbocycles. The Balaban J connectivity index is 2.19. The first-order valence-corrected chi connectivity index (χ1v) is 6.78. The summed E-state index contributed by atoms with van der Waals surface area (Å²) in [7, 11) is 0. The van der Waals surface area contributed by atoms with E-state index in [4.69, 9.17) is 5.73 Å². The monoisotopic (exact) mass is 263 g/mol. The van der Waals surface area contributed by atoms with Crippen molar-refractivity contribution in [1.82, 2.24) is 0 Å². The predicted octanol–water partition coefficient (Wildman–Crippen LogP) is 3.92. The number of amidine groups is 1. The minimum absolute atomic E-state index is 0.561. The van der Waals surface area contributed by atoms with Crippen LogP contribution in [0.2, 0.25) is 0 Å². The molecule has 2 aromatic rings. The van der Waals surface area contributed by atoms with Crippen LogP contribution in [0.5, 0.6) is 0 Å². The molecule has 0 saturated carbocycles. The topological polar surface area (TPSA) is 50.4 Å². The van der Waals surface area contributed by atoms with Crippen LogP contribution in [0.1, 0.15) is 18.9 Å². The molecule has 0 radical (unpaired) electrons. The van der Waals surface area contributed by atoms with Crippen LogP contribution in [0.4, 0.5) is 11.4 Å². The van der Waals surface area contributed by atoms with Crippen molar-refractivity contribution in [2.45, 2.75) is 13.3 Å². The van der Waals surface area contributed by atoms with Crippen LogP contribution in [0.25, 0.3) is 5.57 Å². The number of rotatable bonds is 2. The number of nitrogens with zero attached hydrogens (tertiary/aromatic N) is 1. The molecule has 0 fully saturated rings. The Labute approximate surface area is 118 Å². The van der Waals surface area contributed by atoms with Crippen LogP contribution in [-0.2, 0) is 0 Å². The lowest BCUT2D eigenvalue weighted by molar-refractivity contribution is 1.11. The number of benzene rings is 2. The molecule has 0 aromatic heterocycles. The summed E-state index contributed by atoms with van der Waals surface area (Å²) in [6.07, 6.45) is 0.870. The number of para-hydroxylation sites is 2. The fourth-order valence-corrected chi connectivity index (χ4v) is 2.43. The van der Waals surface area contributed by atoms with E-state index in [1.807, 2.05) is 42.5 Å². The van der Waals surface area contributed by atoms with Gasteiger partial charge in [-0.05, 0) is 24.1 Å². The van der Waals surface area contributed by atoms with E-state index in [0.29, 0.717) is 5.84 Å². The fourth-order valence-electron chi connectivity index (χ4n) is 2.43. The zero-order valence-electron chi connectivity index (χ0n) is 11.4. The Morgan fingerprint density at radius 3 is 2.45 bits per heavy atom. The van der Waals surface area contributed by atoms with E-state index >= 15 is 0 Å². The summed E-state index contributed by atoms with van der Waals surface area (Å²) in [5.41, 5.74) is 11.3. The molecule has 1 heterocycles. The number of fused-ring (bicyclic) bond motifs is 1. The molecule has 3 heteroatoms. The Morgan fingerprint density at radius 2 is 1.70 bits per heavy atom. The summed E-state index contributed by atoms with van der Waals surface area (Å²) in [4.78, 5) is 4.57. The lowest BCUT2D eigenvalue weighted by Gasteiger charge is -2.13. The van der Waals surface area contributed by atoms with E-state index in [9.17, 15) is 0 Å². The molecule has 3 rings (SSSR count). The normalized spacial score (nSPS) is 14.2. The first-order valence-electron chi connectivity index (χ1n) is 6.78. The summed E-state index contributed by atoms with van der Waals surface area (Å²) in [6, 6.07) is 18.1. The quantitative estimate of drug-likeness (QED) is 0.862. The number of hydrogen-bond acceptors (Lipinski definition) is 3. The highest BCUT2D eigenvalue weighted by atomic mass is 15.0. The Bertz CT molecular complexity index is 684. The van der Waals surface area contributed by atoms with E-state index in [0.717, 1.165) is 34.6 Å². The summed E-state index contributed by atoms with van der Waals surface area (Å²) in [5, 5.41) is 3.47. The van der Waals surface area contributed by atoms with Gasteiger partial charge in [0, 0.05) is 11.3 Å². The van der Waals surface area contributed by atoms with Gasteiger partial charge in [0.1, 0.15) is 5.84 Å². The van der Waals surface area contributed by atoms with Crippen molar-refractivity contribution in [3.8, 4) is 0 Å². The van der Waals surface area contributed by atoms with Crippen molar-refractivity contribution in [3.63, 3.8) is 0 Å². The lowest BCUT2D eigenvalue weighted by Crippen LogP contribution is -2.16. The average Bonchev–Trinajstić information content (AvgIpc) is 2.63. The molecule has 0 unspecified atom stereocenters. The SMILES string of the molecule is CCC1=C(c2ccccc2)C(N)=Nc2ccccc2N1. The Kier molecular flexibility index (Phi) is 3.25. The van der Waals surface area contributed by atoms with Crippen molar-refractivity contribution >= 4 is 22.8 Å². The molecule has 0 saturated heterocycles. The van der Waals surface area contributed by atoms with E-state index in [1.165, 1.54) is 0 Å². The van der Waals surface area contributed by atoms with Gasteiger partial charge in [-0.15, -0.1) is 0 Å². The number of allylic oxidation sites excluding steroid dienone is 1. The van der Waals surface area contributed by atoms with Gasteiger partial charge in [0.25, 0.3) is 0 Å². The molecular weight excluding hydrogens is 246 g/mol. The number of aliphatic imine (C=N–C) groups is 1. The summed E-state index contributed by atoms with van der Waals surface area (Å²) >= 11 is 0. The molecule has 0 amide bonds. The largest absolute Gasteiger partial charge is 0.383 e. The highest BCUT2D eigenvalue weighted by Gasteiger charge is 2.17. The van der Waals surface area contributed by atoms with Crippen LogP contribution in [0, 0.1) is 0 Å². The van der Waals surface area contributed by atoms with Gasteiger partial charge in [-0.3, -0.25) is 0 Å². The fraction of sp³-hybridized carbons (Fsp3) is 0.118. The maximum atomic E-state index is 6.24. The minimum atomic E-state index is 0.561. The zero-order valence-corrected chi connectivity index (χ0v) is 11.4. The van der Waals surface area contributed by atoms with E-state index in [-0.39, 0.29) is 0 Å². The maximum absolute atomic E-state index is 6.24. The van der Waals surface area contributed by atoms with E-state index < -0.39 is 0 Å². The van der Waals surface area contributed by atoms with Crippen LogP contribution in [0.15, 0.2) is 65.3 Å². The van der Waals surface area contributed by atoms with Gasteiger partial charge in [0.2, 0.25) is 0 Å². The first-order chi connectivity index (χ1) is 9.79.